The smallest absolute Gasteiger partial charge is 0.248 e. The van der Waals surface area contributed by atoms with Gasteiger partial charge in [0.15, 0.2) is 11.5 Å². The fraction of sp³-hybridized carbons (Fsp3) is 0.286. The molecule has 4 rings (SSSR count). The van der Waals surface area contributed by atoms with Crippen LogP contribution >= 0.6 is 0 Å². The van der Waals surface area contributed by atoms with E-state index in [4.69, 9.17) is 14.2 Å². The first-order valence-corrected chi connectivity index (χ1v) is 8.92. The van der Waals surface area contributed by atoms with Gasteiger partial charge in [-0.3, -0.25) is 4.79 Å². The van der Waals surface area contributed by atoms with Crippen molar-refractivity contribution in [3.8, 4) is 17.2 Å². The molecule has 1 saturated carbocycles. The third-order valence-electron chi connectivity index (χ3n) is 4.55. The van der Waals surface area contributed by atoms with Gasteiger partial charge in [-0.25, -0.2) is 0 Å². The Morgan fingerprint density at radius 2 is 1.81 bits per heavy atom. The predicted molar refractivity (Wildman–Crippen MR) is 99.6 cm³/mol. The van der Waals surface area contributed by atoms with E-state index in [9.17, 15) is 4.79 Å². The van der Waals surface area contributed by atoms with Crippen molar-refractivity contribution >= 4 is 17.7 Å². The van der Waals surface area contributed by atoms with Crippen LogP contribution in [0, 0.1) is 0 Å². The van der Waals surface area contributed by atoms with Crippen LogP contribution in [0.2, 0.25) is 0 Å². The van der Waals surface area contributed by atoms with E-state index < -0.39 is 0 Å². The maximum atomic E-state index is 12.1. The number of amides is 1. The van der Waals surface area contributed by atoms with Crippen LogP contribution in [-0.2, 0) is 4.79 Å². The van der Waals surface area contributed by atoms with E-state index in [0.717, 1.165) is 35.6 Å². The Morgan fingerprint density at radius 1 is 1.04 bits per heavy atom. The SMILES string of the molecule is O=C(/C=C/c1ccc2c(c1)OCO2)Nc1ccc(OC2CCCC2)cc1. The lowest BCUT2D eigenvalue weighted by atomic mass is 10.2. The molecule has 1 heterocycles. The number of ether oxygens (including phenoxy) is 3. The van der Waals surface area contributed by atoms with Crippen molar-refractivity contribution in [3.63, 3.8) is 0 Å². The Balaban J connectivity index is 1.32. The van der Waals surface area contributed by atoms with Crippen LogP contribution < -0.4 is 19.5 Å². The summed E-state index contributed by atoms with van der Waals surface area (Å²) < 4.78 is 16.5. The van der Waals surface area contributed by atoms with Crippen molar-refractivity contribution in [1.29, 1.82) is 0 Å². The molecule has 5 nitrogen and oxygen atoms in total. The highest BCUT2D eigenvalue weighted by Crippen LogP contribution is 2.32. The van der Waals surface area contributed by atoms with Gasteiger partial charge in [-0.2, -0.15) is 0 Å². The zero-order valence-electron chi connectivity index (χ0n) is 14.4. The van der Waals surface area contributed by atoms with Crippen molar-refractivity contribution in [2.75, 3.05) is 12.1 Å². The Morgan fingerprint density at radius 3 is 2.62 bits per heavy atom. The van der Waals surface area contributed by atoms with Gasteiger partial charge in [0, 0.05) is 11.8 Å². The average Bonchev–Trinajstić information content (AvgIpc) is 3.33. The quantitative estimate of drug-likeness (QED) is 0.812. The summed E-state index contributed by atoms with van der Waals surface area (Å²) in [4.78, 5) is 12.1. The fourth-order valence-corrected chi connectivity index (χ4v) is 3.19. The van der Waals surface area contributed by atoms with Gasteiger partial charge in [0.2, 0.25) is 12.7 Å². The summed E-state index contributed by atoms with van der Waals surface area (Å²) in [5.74, 6) is 2.09. The predicted octanol–water partition coefficient (Wildman–Crippen LogP) is 4.39. The van der Waals surface area contributed by atoms with Gasteiger partial charge in [-0.15, -0.1) is 0 Å². The van der Waals surface area contributed by atoms with Crippen molar-refractivity contribution in [2.45, 2.75) is 31.8 Å². The van der Waals surface area contributed by atoms with E-state index >= 15 is 0 Å². The minimum atomic E-state index is -0.188. The van der Waals surface area contributed by atoms with Gasteiger partial charge >= 0.3 is 0 Å². The van der Waals surface area contributed by atoms with Crippen molar-refractivity contribution < 1.29 is 19.0 Å². The standard InChI is InChI=1S/C21H21NO4/c23-21(12-6-15-5-11-19-20(13-15)25-14-24-19)22-16-7-9-18(10-8-16)26-17-3-1-2-4-17/h5-13,17H,1-4,14H2,(H,22,23)/b12-6+. The van der Waals surface area contributed by atoms with E-state index in [1.54, 1.807) is 6.08 Å². The highest BCUT2D eigenvalue weighted by Gasteiger charge is 2.16. The van der Waals surface area contributed by atoms with E-state index in [2.05, 4.69) is 5.32 Å². The first-order valence-electron chi connectivity index (χ1n) is 8.92. The van der Waals surface area contributed by atoms with Crippen LogP contribution in [0.15, 0.2) is 48.5 Å². The third kappa shape index (κ3) is 3.99. The Bertz CT molecular complexity index is 807. The van der Waals surface area contributed by atoms with Gasteiger partial charge in [0.05, 0.1) is 6.10 Å². The van der Waals surface area contributed by atoms with Gasteiger partial charge in [0.25, 0.3) is 0 Å². The lowest BCUT2D eigenvalue weighted by Crippen LogP contribution is -2.11. The summed E-state index contributed by atoms with van der Waals surface area (Å²) in [6.45, 7) is 0.240. The summed E-state index contributed by atoms with van der Waals surface area (Å²) in [7, 11) is 0. The zero-order chi connectivity index (χ0) is 17.8. The first kappa shape index (κ1) is 16.5. The van der Waals surface area contributed by atoms with Gasteiger partial charge in [-0.05, 0) is 73.7 Å². The fourth-order valence-electron chi connectivity index (χ4n) is 3.19. The normalized spacial score (nSPS) is 16.2. The molecule has 2 aliphatic rings. The lowest BCUT2D eigenvalue weighted by Gasteiger charge is -2.13. The van der Waals surface area contributed by atoms with Gasteiger partial charge in [-0.1, -0.05) is 6.07 Å². The number of hydrogen-bond donors (Lipinski definition) is 1. The molecule has 1 aliphatic heterocycles. The molecule has 0 bridgehead atoms. The highest BCUT2D eigenvalue weighted by molar-refractivity contribution is 6.01. The average molecular weight is 351 g/mol. The molecule has 0 atom stereocenters. The molecule has 0 radical (unpaired) electrons. The van der Waals surface area contributed by atoms with Gasteiger partial charge < -0.3 is 19.5 Å². The molecule has 1 aliphatic carbocycles. The number of rotatable bonds is 5. The minimum absolute atomic E-state index is 0.188. The molecule has 0 aromatic heterocycles. The molecule has 0 unspecified atom stereocenters. The van der Waals surface area contributed by atoms with Crippen LogP contribution in [0.5, 0.6) is 17.2 Å². The molecule has 0 spiro atoms. The maximum absolute atomic E-state index is 12.1. The van der Waals surface area contributed by atoms with Crippen LogP contribution in [0.4, 0.5) is 5.69 Å². The molecule has 1 fully saturated rings. The molecule has 0 saturated heterocycles. The van der Waals surface area contributed by atoms with Crippen molar-refractivity contribution in [3.05, 3.63) is 54.1 Å². The second kappa shape index (κ2) is 7.52. The summed E-state index contributed by atoms with van der Waals surface area (Å²) in [5.41, 5.74) is 1.62. The number of carbonyl (C=O) groups excluding carboxylic acids is 1. The number of fused-ring (bicyclic) bond motifs is 1. The molecule has 2 aromatic rings. The summed E-state index contributed by atoms with van der Waals surface area (Å²) >= 11 is 0. The second-order valence-electron chi connectivity index (χ2n) is 6.48. The molecule has 1 N–H and O–H groups in total. The summed E-state index contributed by atoms with van der Waals surface area (Å²) in [5, 5.41) is 2.85. The van der Waals surface area contributed by atoms with Crippen LogP contribution in [0.3, 0.4) is 0 Å². The van der Waals surface area contributed by atoms with E-state index in [0.29, 0.717) is 11.9 Å². The first-order chi connectivity index (χ1) is 12.8. The monoisotopic (exact) mass is 351 g/mol. The van der Waals surface area contributed by atoms with Crippen molar-refractivity contribution in [1.82, 2.24) is 0 Å². The third-order valence-corrected chi connectivity index (χ3v) is 4.55. The number of hydrogen-bond acceptors (Lipinski definition) is 4. The van der Waals surface area contributed by atoms with Crippen LogP contribution in [-0.4, -0.2) is 18.8 Å². The zero-order valence-corrected chi connectivity index (χ0v) is 14.4. The molecule has 5 heteroatoms. The number of anilines is 1. The summed E-state index contributed by atoms with van der Waals surface area (Å²) in [6, 6.07) is 13.1. The van der Waals surface area contributed by atoms with Gasteiger partial charge in [0.1, 0.15) is 5.75 Å². The Kier molecular flexibility index (Phi) is 4.78. The number of benzene rings is 2. The molecule has 1 amide bonds. The van der Waals surface area contributed by atoms with E-state index in [1.807, 2.05) is 42.5 Å². The molecular formula is C21H21NO4. The highest BCUT2D eigenvalue weighted by atomic mass is 16.7. The van der Waals surface area contributed by atoms with E-state index in [-0.39, 0.29) is 12.7 Å². The molecular weight excluding hydrogens is 330 g/mol. The maximum Gasteiger partial charge on any atom is 0.248 e. The lowest BCUT2D eigenvalue weighted by molar-refractivity contribution is -0.111. The molecule has 2 aromatic carbocycles. The molecule has 26 heavy (non-hydrogen) atoms. The van der Waals surface area contributed by atoms with Crippen LogP contribution in [0.1, 0.15) is 31.2 Å². The topological polar surface area (TPSA) is 56.8 Å². The van der Waals surface area contributed by atoms with E-state index in [1.165, 1.54) is 18.9 Å². The minimum Gasteiger partial charge on any atom is -0.490 e. The molecule has 134 valence electrons. The number of nitrogens with one attached hydrogen (secondary N) is 1. The van der Waals surface area contributed by atoms with Crippen molar-refractivity contribution in [2.24, 2.45) is 0 Å². The van der Waals surface area contributed by atoms with Crippen LogP contribution in [0.25, 0.3) is 6.08 Å². The Hall–Kier alpha value is -2.95. The largest absolute Gasteiger partial charge is 0.490 e. The second-order valence-corrected chi connectivity index (χ2v) is 6.48. The summed E-state index contributed by atoms with van der Waals surface area (Å²) in [6.07, 6.45) is 8.32. The Labute approximate surface area is 152 Å². The number of carbonyl (C=O) groups is 1.